The number of aromatic nitrogens is 1. The maximum atomic E-state index is 13.0. The predicted molar refractivity (Wildman–Crippen MR) is 111 cm³/mol. The van der Waals surface area contributed by atoms with Gasteiger partial charge in [-0.05, 0) is 34.5 Å². The van der Waals surface area contributed by atoms with Crippen molar-refractivity contribution in [3.8, 4) is 0 Å². The number of hydrogen-bond acceptors (Lipinski definition) is 7. The van der Waals surface area contributed by atoms with E-state index in [1.165, 1.54) is 24.5 Å². The third kappa shape index (κ3) is 4.33. The standard InChI is InChI=1S/C21H21N5O3/c1-29-21(28)19-18(7-4-11-24-19)25-20(27)17-9-8-14(13-26(23)12-10-22)15-5-2-3-6-16(15)17/h2-12H,13,22-23H2,1H3,(H,25,27). The summed E-state index contributed by atoms with van der Waals surface area (Å²) in [6.07, 6.45) is 4.38. The molecule has 0 spiro atoms. The first-order valence-electron chi connectivity index (χ1n) is 8.80. The molecular formula is C21H21N5O3. The first-order valence-corrected chi connectivity index (χ1v) is 8.80. The lowest BCUT2D eigenvalue weighted by molar-refractivity contribution is 0.0595. The van der Waals surface area contributed by atoms with E-state index in [9.17, 15) is 9.59 Å². The van der Waals surface area contributed by atoms with E-state index < -0.39 is 5.97 Å². The fourth-order valence-electron chi connectivity index (χ4n) is 3.01. The summed E-state index contributed by atoms with van der Waals surface area (Å²) in [6.45, 7) is 0.422. The molecule has 1 aromatic heterocycles. The smallest absolute Gasteiger partial charge is 0.358 e. The van der Waals surface area contributed by atoms with E-state index in [4.69, 9.17) is 16.3 Å². The molecule has 0 saturated heterocycles. The van der Waals surface area contributed by atoms with Gasteiger partial charge in [0.05, 0.1) is 19.3 Å². The number of esters is 1. The molecule has 148 valence electrons. The summed E-state index contributed by atoms with van der Waals surface area (Å²) < 4.78 is 4.72. The predicted octanol–water partition coefficient (Wildman–Crippen LogP) is 2.38. The molecule has 0 aliphatic heterocycles. The van der Waals surface area contributed by atoms with E-state index >= 15 is 0 Å². The second-order valence-corrected chi connectivity index (χ2v) is 6.18. The fraction of sp³-hybridized carbons (Fsp3) is 0.0952. The third-order valence-corrected chi connectivity index (χ3v) is 4.32. The van der Waals surface area contributed by atoms with E-state index in [2.05, 4.69) is 10.3 Å². The normalized spacial score (nSPS) is 10.8. The van der Waals surface area contributed by atoms with Gasteiger partial charge < -0.3 is 20.8 Å². The van der Waals surface area contributed by atoms with Crippen molar-refractivity contribution in [1.82, 2.24) is 9.99 Å². The molecule has 2 aromatic carbocycles. The van der Waals surface area contributed by atoms with Crippen LogP contribution in [0, 0.1) is 0 Å². The third-order valence-electron chi connectivity index (χ3n) is 4.32. The highest BCUT2D eigenvalue weighted by Crippen LogP contribution is 2.25. The molecule has 1 heterocycles. The number of anilines is 1. The molecule has 29 heavy (non-hydrogen) atoms. The first-order chi connectivity index (χ1) is 14.0. The number of carbonyl (C=O) groups excluding carboxylic acids is 2. The quantitative estimate of drug-likeness (QED) is 0.335. The molecule has 8 nitrogen and oxygen atoms in total. The zero-order valence-electron chi connectivity index (χ0n) is 15.8. The molecule has 1 amide bonds. The molecule has 0 saturated carbocycles. The van der Waals surface area contributed by atoms with Gasteiger partial charge in [0.2, 0.25) is 0 Å². The van der Waals surface area contributed by atoms with E-state index in [1.807, 2.05) is 30.3 Å². The minimum Gasteiger partial charge on any atom is -0.464 e. The molecule has 0 bridgehead atoms. The van der Waals surface area contributed by atoms with E-state index in [0.717, 1.165) is 16.3 Å². The minimum atomic E-state index is -0.628. The van der Waals surface area contributed by atoms with Gasteiger partial charge >= 0.3 is 5.97 Å². The summed E-state index contributed by atoms with van der Waals surface area (Å²) in [4.78, 5) is 28.9. The van der Waals surface area contributed by atoms with Crippen LogP contribution in [0.15, 0.2) is 67.1 Å². The van der Waals surface area contributed by atoms with Gasteiger partial charge in [0.1, 0.15) is 0 Å². The average molecular weight is 391 g/mol. The number of hydrogen-bond donors (Lipinski definition) is 3. The lowest BCUT2D eigenvalue weighted by atomic mass is 9.98. The topological polar surface area (TPSA) is 124 Å². The summed E-state index contributed by atoms with van der Waals surface area (Å²) in [5, 5.41) is 5.86. The van der Waals surface area contributed by atoms with Crippen molar-refractivity contribution in [2.75, 3.05) is 12.4 Å². The van der Waals surface area contributed by atoms with E-state index in [1.54, 1.807) is 24.4 Å². The highest BCUT2D eigenvalue weighted by atomic mass is 16.5. The monoisotopic (exact) mass is 391 g/mol. The number of rotatable bonds is 6. The van der Waals surface area contributed by atoms with Crippen molar-refractivity contribution in [2.45, 2.75) is 6.54 Å². The summed E-state index contributed by atoms with van der Waals surface area (Å²) in [5.74, 6) is 4.91. The van der Waals surface area contributed by atoms with Crippen LogP contribution in [0.4, 0.5) is 5.69 Å². The van der Waals surface area contributed by atoms with Crippen LogP contribution in [0.25, 0.3) is 10.8 Å². The van der Waals surface area contributed by atoms with Crippen LogP contribution in [-0.4, -0.2) is 29.0 Å². The van der Waals surface area contributed by atoms with E-state index in [0.29, 0.717) is 12.1 Å². The Morgan fingerprint density at radius 3 is 2.62 bits per heavy atom. The zero-order chi connectivity index (χ0) is 20.8. The van der Waals surface area contributed by atoms with Crippen LogP contribution in [0.3, 0.4) is 0 Å². The fourth-order valence-corrected chi connectivity index (χ4v) is 3.01. The lowest BCUT2D eigenvalue weighted by Crippen LogP contribution is -2.24. The average Bonchev–Trinajstić information content (AvgIpc) is 2.74. The number of nitrogens with one attached hydrogen (secondary N) is 1. The molecule has 0 atom stereocenters. The van der Waals surface area contributed by atoms with Crippen LogP contribution >= 0.6 is 0 Å². The summed E-state index contributed by atoms with van der Waals surface area (Å²) in [6, 6.07) is 14.3. The van der Waals surface area contributed by atoms with Gasteiger partial charge in [-0.3, -0.25) is 4.79 Å². The summed E-state index contributed by atoms with van der Waals surface area (Å²) in [7, 11) is 1.26. The maximum Gasteiger partial charge on any atom is 0.358 e. The van der Waals surface area contributed by atoms with Gasteiger partial charge in [-0.25, -0.2) is 15.6 Å². The Labute approximate surface area is 167 Å². The first kappa shape index (κ1) is 19.8. The number of pyridine rings is 1. The Bertz CT molecular complexity index is 1080. The summed E-state index contributed by atoms with van der Waals surface area (Å²) >= 11 is 0. The minimum absolute atomic E-state index is 0.0385. The molecular weight excluding hydrogens is 370 g/mol. The van der Waals surface area contributed by atoms with Crippen molar-refractivity contribution in [2.24, 2.45) is 11.6 Å². The Morgan fingerprint density at radius 2 is 1.90 bits per heavy atom. The number of hydrazine groups is 1. The SMILES string of the molecule is COC(=O)c1ncccc1NC(=O)c1ccc(CN(N)C=CN)c2ccccc12. The van der Waals surface area contributed by atoms with E-state index in [-0.39, 0.29) is 17.3 Å². The number of nitrogens with two attached hydrogens (primary N) is 2. The maximum absolute atomic E-state index is 13.0. The molecule has 3 rings (SSSR count). The largest absolute Gasteiger partial charge is 0.464 e. The number of amides is 1. The molecule has 0 radical (unpaired) electrons. The summed E-state index contributed by atoms with van der Waals surface area (Å²) in [5.41, 5.74) is 7.10. The van der Waals surface area contributed by atoms with Gasteiger partial charge in [0, 0.05) is 24.2 Å². The second-order valence-electron chi connectivity index (χ2n) is 6.18. The Kier molecular flexibility index (Phi) is 6.06. The molecule has 0 aliphatic rings. The second kappa shape index (κ2) is 8.85. The van der Waals surface area contributed by atoms with Crippen molar-refractivity contribution < 1.29 is 14.3 Å². The van der Waals surface area contributed by atoms with Crippen LogP contribution in [0.5, 0.6) is 0 Å². The molecule has 0 fully saturated rings. The van der Waals surface area contributed by atoms with Crippen LogP contribution in [0.2, 0.25) is 0 Å². The Hall–Kier alpha value is -3.91. The highest BCUT2D eigenvalue weighted by molar-refractivity contribution is 6.14. The number of ether oxygens (including phenoxy) is 1. The molecule has 0 unspecified atom stereocenters. The molecule has 0 aliphatic carbocycles. The number of nitrogens with zero attached hydrogens (tertiary/aromatic N) is 2. The van der Waals surface area contributed by atoms with Gasteiger partial charge in [-0.1, -0.05) is 30.3 Å². The van der Waals surface area contributed by atoms with Crippen LogP contribution < -0.4 is 16.9 Å². The Balaban J connectivity index is 1.97. The molecule has 8 heteroatoms. The van der Waals surface area contributed by atoms with Crippen LogP contribution in [0.1, 0.15) is 26.4 Å². The Morgan fingerprint density at radius 1 is 1.14 bits per heavy atom. The van der Waals surface area contributed by atoms with Crippen molar-refractivity contribution in [1.29, 1.82) is 0 Å². The lowest BCUT2D eigenvalue weighted by Gasteiger charge is -2.16. The van der Waals surface area contributed by atoms with Gasteiger partial charge in [-0.2, -0.15) is 0 Å². The van der Waals surface area contributed by atoms with Gasteiger partial charge in [-0.15, -0.1) is 0 Å². The number of methoxy groups -OCH3 is 1. The van der Waals surface area contributed by atoms with Crippen LogP contribution in [-0.2, 0) is 11.3 Å². The molecule has 3 aromatic rings. The van der Waals surface area contributed by atoms with Crippen molar-refractivity contribution in [3.63, 3.8) is 0 Å². The number of carbonyl (C=O) groups is 2. The molecule has 5 N–H and O–H groups in total. The number of fused-ring (bicyclic) bond motifs is 1. The van der Waals surface area contributed by atoms with Crippen molar-refractivity contribution >= 4 is 28.3 Å². The number of benzene rings is 2. The highest BCUT2D eigenvalue weighted by Gasteiger charge is 2.18. The van der Waals surface area contributed by atoms with Gasteiger partial charge in [0.15, 0.2) is 5.69 Å². The van der Waals surface area contributed by atoms with Crippen molar-refractivity contribution in [3.05, 3.63) is 83.9 Å². The van der Waals surface area contributed by atoms with Gasteiger partial charge in [0.25, 0.3) is 5.91 Å². The zero-order valence-corrected chi connectivity index (χ0v) is 15.8.